The van der Waals surface area contributed by atoms with Crippen molar-refractivity contribution in [3.63, 3.8) is 0 Å². The van der Waals surface area contributed by atoms with Gasteiger partial charge in [0.05, 0.1) is 0 Å². The van der Waals surface area contributed by atoms with Crippen LogP contribution in [0.2, 0.25) is 0 Å². The fourth-order valence-electron chi connectivity index (χ4n) is 2.47. The Morgan fingerprint density at radius 2 is 1.95 bits per heavy atom. The SMILES string of the molecule is C=C(C)C(C)c1cccc(C(C)(C)CCCCC)c1. The summed E-state index contributed by atoms with van der Waals surface area (Å²) in [5, 5.41) is 0. The zero-order valence-electron chi connectivity index (χ0n) is 13.4. The van der Waals surface area contributed by atoms with E-state index in [9.17, 15) is 0 Å². The maximum absolute atomic E-state index is 4.08. The van der Waals surface area contributed by atoms with Crippen LogP contribution in [0, 0.1) is 0 Å². The summed E-state index contributed by atoms with van der Waals surface area (Å²) >= 11 is 0. The van der Waals surface area contributed by atoms with E-state index >= 15 is 0 Å². The molecule has 0 fully saturated rings. The van der Waals surface area contributed by atoms with Crippen LogP contribution in [0.3, 0.4) is 0 Å². The standard InChI is InChI=1S/C19H30/c1-7-8-9-13-19(5,6)18-12-10-11-17(14-18)16(4)15(2)3/h10-12,14,16H,2,7-9,13H2,1,3-6H3. The highest BCUT2D eigenvalue weighted by Crippen LogP contribution is 2.32. The third kappa shape index (κ3) is 4.53. The van der Waals surface area contributed by atoms with Gasteiger partial charge >= 0.3 is 0 Å². The van der Waals surface area contributed by atoms with Crippen molar-refractivity contribution in [2.75, 3.05) is 0 Å². The molecule has 0 nitrogen and oxygen atoms in total. The average molecular weight is 258 g/mol. The molecule has 0 aromatic heterocycles. The monoisotopic (exact) mass is 258 g/mol. The van der Waals surface area contributed by atoms with Crippen LogP contribution >= 0.6 is 0 Å². The second-order valence-electron chi connectivity index (χ2n) is 6.53. The molecule has 0 heterocycles. The van der Waals surface area contributed by atoms with E-state index in [1.165, 1.54) is 42.4 Å². The van der Waals surface area contributed by atoms with E-state index in [4.69, 9.17) is 0 Å². The van der Waals surface area contributed by atoms with Gasteiger partial charge in [0, 0.05) is 5.92 Å². The molecular weight excluding hydrogens is 228 g/mol. The first-order valence-electron chi connectivity index (χ1n) is 7.64. The molecule has 0 amide bonds. The number of benzene rings is 1. The van der Waals surface area contributed by atoms with Crippen LogP contribution in [0.5, 0.6) is 0 Å². The minimum atomic E-state index is 0.278. The van der Waals surface area contributed by atoms with E-state index < -0.39 is 0 Å². The van der Waals surface area contributed by atoms with Gasteiger partial charge in [-0.25, -0.2) is 0 Å². The molecule has 0 bridgehead atoms. The van der Waals surface area contributed by atoms with Crippen molar-refractivity contribution in [1.82, 2.24) is 0 Å². The molecule has 1 atom stereocenters. The molecule has 0 saturated carbocycles. The van der Waals surface area contributed by atoms with Crippen molar-refractivity contribution >= 4 is 0 Å². The highest BCUT2D eigenvalue weighted by atomic mass is 14.3. The van der Waals surface area contributed by atoms with Crippen molar-refractivity contribution in [1.29, 1.82) is 0 Å². The minimum Gasteiger partial charge on any atom is -0.0995 e. The fourth-order valence-corrected chi connectivity index (χ4v) is 2.47. The second kappa shape index (κ2) is 6.93. The molecule has 0 N–H and O–H groups in total. The summed E-state index contributed by atoms with van der Waals surface area (Å²) in [6.07, 6.45) is 5.23. The van der Waals surface area contributed by atoms with Gasteiger partial charge in [-0.05, 0) is 29.9 Å². The largest absolute Gasteiger partial charge is 0.0995 e. The second-order valence-corrected chi connectivity index (χ2v) is 6.53. The Morgan fingerprint density at radius 3 is 2.53 bits per heavy atom. The van der Waals surface area contributed by atoms with Gasteiger partial charge in [-0.15, -0.1) is 0 Å². The van der Waals surface area contributed by atoms with E-state index in [2.05, 4.69) is 65.5 Å². The number of hydrogen-bond acceptors (Lipinski definition) is 0. The van der Waals surface area contributed by atoms with E-state index in [-0.39, 0.29) is 5.41 Å². The summed E-state index contributed by atoms with van der Waals surface area (Å²) in [4.78, 5) is 0. The van der Waals surface area contributed by atoms with Crippen molar-refractivity contribution < 1.29 is 0 Å². The molecule has 106 valence electrons. The van der Waals surface area contributed by atoms with Gasteiger partial charge in [-0.2, -0.15) is 0 Å². The summed E-state index contributed by atoms with van der Waals surface area (Å²) in [5.41, 5.74) is 4.38. The molecule has 0 spiro atoms. The molecule has 0 aliphatic heterocycles. The highest BCUT2D eigenvalue weighted by molar-refractivity contribution is 5.34. The predicted molar refractivity (Wildman–Crippen MR) is 86.8 cm³/mol. The Hall–Kier alpha value is -1.04. The smallest absolute Gasteiger partial charge is 0.00144 e. The Labute approximate surface area is 119 Å². The third-order valence-corrected chi connectivity index (χ3v) is 4.31. The van der Waals surface area contributed by atoms with Crippen LogP contribution < -0.4 is 0 Å². The molecular formula is C19H30. The van der Waals surface area contributed by atoms with Gasteiger partial charge in [-0.1, -0.05) is 83.4 Å². The van der Waals surface area contributed by atoms with Crippen LogP contribution in [0.25, 0.3) is 0 Å². The van der Waals surface area contributed by atoms with Crippen molar-refractivity contribution in [2.45, 2.75) is 71.6 Å². The molecule has 1 rings (SSSR count). The minimum absolute atomic E-state index is 0.278. The van der Waals surface area contributed by atoms with E-state index in [0.717, 1.165) is 0 Å². The summed E-state index contributed by atoms with van der Waals surface area (Å²) in [6.45, 7) is 15.4. The van der Waals surface area contributed by atoms with E-state index in [0.29, 0.717) is 5.92 Å². The molecule has 1 aromatic rings. The van der Waals surface area contributed by atoms with Crippen LogP contribution in [0.4, 0.5) is 0 Å². The predicted octanol–water partition coefficient (Wildman–Crippen LogP) is 6.22. The summed E-state index contributed by atoms with van der Waals surface area (Å²) < 4.78 is 0. The average Bonchev–Trinajstić information content (AvgIpc) is 2.38. The van der Waals surface area contributed by atoms with Gasteiger partial charge in [0.1, 0.15) is 0 Å². The van der Waals surface area contributed by atoms with Gasteiger partial charge in [-0.3, -0.25) is 0 Å². The molecule has 0 aliphatic carbocycles. The number of hydrogen-bond donors (Lipinski definition) is 0. The number of allylic oxidation sites excluding steroid dienone is 1. The van der Waals surface area contributed by atoms with Gasteiger partial charge in [0.15, 0.2) is 0 Å². The first-order valence-corrected chi connectivity index (χ1v) is 7.64. The van der Waals surface area contributed by atoms with Crippen LogP contribution in [0.1, 0.15) is 77.3 Å². The lowest BCUT2D eigenvalue weighted by Gasteiger charge is -2.26. The zero-order valence-corrected chi connectivity index (χ0v) is 13.4. The third-order valence-electron chi connectivity index (χ3n) is 4.31. The maximum atomic E-state index is 4.08. The summed E-state index contributed by atoms with van der Waals surface area (Å²) in [5.74, 6) is 0.450. The lowest BCUT2D eigenvalue weighted by Crippen LogP contribution is -2.17. The lowest BCUT2D eigenvalue weighted by atomic mass is 9.78. The van der Waals surface area contributed by atoms with E-state index in [1.54, 1.807) is 0 Å². The van der Waals surface area contributed by atoms with Crippen LogP contribution in [-0.4, -0.2) is 0 Å². The number of unbranched alkanes of at least 4 members (excludes halogenated alkanes) is 2. The Balaban J connectivity index is 2.88. The van der Waals surface area contributed by atoms with Crippen molar-refractivity contribution in [2.24, 2.45) is 0 Å². The normalized spacial score (nSPS) is 13.3. The van der Waals surface area contributed by atoms with Crippen LogP contribution in [-0.2, 0) is 5.41 Å². The molecule has 0 radical (unpaired) electrons. The van der Waals surface area contributed by atoms with Gasteiger partial charge in [0.25, 0.3) is 0 Å². The molecule has 19 heavy (non-hydrogen) atoms. The van der Waals surface area contributed by atoms with Crippen molar-refractivity contribution in [3.05, 3.63) is 47.5 Å². The maximum Gasteiger partial charge on any atom is 0.00144 e. The zero-order chi connectivity index (χ0) is 14.5. The topological polar surface area (TPSA) is 0 Å². The Kier molecular flexibility index (Phi) is 5.85. The molecule has 1 aromatic carbocycles. The fraction of sp³-hybridized carbons (Fsp3) is 0.579. The molecule has 1 unspecified atom stereocenters. The van der Waals surface area contributed by atoms with Gasteiger partial charge in [0.2, 0.25) is 0 Å². The molecule has 0 heteroatoms. The lowest BCUT2D eigenvalue weighted by molar-refractivity contribution is 0.450. The Morgan fingerprint density at radius 1 is 1.26 bits per heavy atom. The molecule has 0 aliphatic rings. The van der Waals surface area contributed by atoms with Crippen molar-refractivity contribution in [3.8, 4) is 0 Å². The first kappa shape index (κ1) is 16.0. The Bertz CT molecular complexity index is 412. The molecule has 0 saturated heterocycles. The quantitative estimate of drug-likeness (QED) is 0.402. The first-order chi connectivity index (χ1) is 8.88. The van der Waals surface area contributed by atoms with E-state index in [1.807, 2.05) is 0 Å². The highest BCUT2D eigenvalue weighted by Gasteiger charge is 2.20. The number of rotatable bonds is 7. The summed E-state index contributed by atoms with van der Waals surface area (Å²) in [6, 6.07) is 9.09. The summed E-state index contributed by atoms with van der Waals surface area (Å²) in [7, 11) is 0. The van der Waals surface area contributed by atoms with Crippen LogP contribution in [0.15, 0.2) is 36.4 Å². The van der Waals surface area contributed by atoms with Gasteiger partial charge < -0.3 is 0 Å².